The van der Waals surface area contributed by atoms with E-state index in [1.807, 2.05) is 24.5 Å². The molecule has 3 aliphatic rings. The van der Waals surface area contributed by atoms with Crippen molar-refractivity contribution >= 4 is 46.4 Å². The summed E-state index contributed by atoms with van der Waals surface area (Å²) in [6.45, 7) is 14.4. The second kappa shape index (κ2) is 19.3. The van der Waals surface area contributed by atoms with Crippen molar-refractivity contribution in [3.05, 3.63) is 71.5 Å². The maximum absolute atomic E-state index is 14.7. The Morgan fingerprint density at radius 3 is 2.48 bits per heavy atom. The highest BCUT2D eigenvalue weighted by molar-refractivity contribution is 5.97. The van der Waals surface area contributed by atoms with E-state index >= 15 is 0 Å². The Hall–Kier alpha value is -6.29. The van der Waals surface area contributed by atoms with Crippen LogP contribution in [0.5, 0.6) is 5.75 Å². The van der Waals surface area contributed by atoms with Crippen LogP contribution in [0.25, 0.3) is 33.3 Å². The second-order valence-corrected chi connectivity index (χ2v) is 19.2. The van der Waals surface area contributed by atoms with Gasteiger partial charge in [-0.1, -0.05) is 46.8 Å². The van der Waals surface area contributed by atoms with Crippen LogP contribution >= 0.6 is 0 Å². The number of phenolic OH excluding ortho intramolecular Hbond substituents is 1. The van der Waals surface area contributed by atoms with Crippen molar-refractivity contribution in [2.45, 2.75) is 111 Å². The molecule has 0 spiro atoms. The number of pyridine rings is 1. The molecular formula is C50H64N8O8. The number of amides is 5. The van der Waals surface area contributed by atoms with Crippen molar-refractivity contribution in [1.82, 2.24) is 40.0 Å². The number of carbonyl (C=O) groups excluding carboxylic acids is 6. The van der Waals surface area contributed by atoms with Crippen LogP contribution in [0, 0.1) is 11.3 Å². The SMILES string of the molecule is CCc1ccncc1-c1c2c3cc(ccc3n1CC)-c1cc(O)cc(c1)C[C@H](NC(=O)[C@H](C(C)C)N(C)C(=O)CN(C)C(=O)[C@H]1CN1C(C)=O)C(=O)N1CCC[C@H](N1)C(=O)OCC(C)(C)C2. The molecule has 3 N–H and O–H groups in total. The molecule has 7 rings (SSSR count). The number of aromatic hydroxyl groups is 1. The van der Waals surface area contributed by atoms with Gasteiger partial charge in [0.2, 0.25) is 23.6 Å². The number of hydrogen-bond acceptors (Lipinski definition) is 10. The number of likely N-dealkylation sites (N-methyl/N-ethyl adjacent to an activating group) is 2. The van der Waals surface area contributed by atoms with Gasteiger partial charge in [-0.05, 0) is 96.7 Å². The molecule has 0 radical (unpaired) electrons. The zero-order chi connectivity index (χ0) is 47.8. The minimum absolute atomic E-state index is 0.0220. The van der Waals surface area contributed by atoms with Gasteiger partial charge in [0.15, 0.2) is 0 Å². The Labute approximate surface area is 386 Å². The predicted molar refractivity (Wildman–Crippen MR) is 249 cm³/mol. The standard InChI is InChI=1S/C50H64N8O8/c1-10-32-16-17-51-25-38(32)45-37-24-50(6,7)28-66-49(65)39-13-12-18-58(53-39)47(63)40(21-31-19-34(22-35(60)20-31)33-14-15-41(36(37)23-33)56(45)11-2)52-46(62)44(29(3)4)55(9)43(61)27-54(8)48(64)42-26-57(42)30(5)59/h14-17,19-20,22-23,25,29,39-40,42,44,53,60H,10-13,18,21,24,26-28H2,1-9H3,(H,52,62)/t39-,40-,42+,44-,57?/m0/s1. The van der Waals surface area contributed by atoms with Crippen molar-refractivity contribution in [3.8, 4) is 28.1 Å². The number of hydrazine groups is 1. The lowest BCUT2D eigenvalue weighted by Gasteiger charge is -2.37. The molecule has 2 aromatic heterocycles. The molecule has 0 unspecified atom stereocenters. The fourth-order valence-corrected chi connectivity index (χ4v) is 9.64. The number of benzene rings is 2. The number of phenols is 1. The summed E-state index contributed by atoms with van der Waals surface area (Å²) in [5.41, 5.74) is 10.1. The molecule has 2 fully saturated rings. The van der Waals surface area contributed by atoms with E-state index in [2.05, 4.69) is 66.2 Å². The smallest absolute Gasteiger partial charge is 0.324 e. The van der Waals surface area contributed by atoms with E-state index in [1.165, 1.54) is 46.3 Å². The molecule has 2 aromatic carbocycles. The molecule has 2 saturated heterocycles. The molecule has 0 aliphatic carbocycles. The first-order valence-electron chi connectivity index (χ1n) is 23.1. The van der Waals surface area contributed by atoms with Gasteiger partial charge in [0.05, 0.1) is 25.4 Å². The highest BCUT2D eigenvalue weighted by Crippen LogP contribution is 2.41. The Kier molecular flexibility index (Phi) is 13.9. The third-order valence-corrected chi connectivity index (χ3v) is 13.2. The summed E-state index contributed by atoms with van der Waals surface area (Å²) in [6.07, 6.45) is 6.01. The summed E-state index contributed by atoms with van der Waals surface area (Å²) < 4.78 is 8.39. The number of nitrogens with one attached hydrogen (secondary N) is 2. The molecule has 0 saturated carbocycles. The minimum Gasteiger partial charge on any atom is -0.508 e. The van der Waals surface area contributed by atoms with Crippen molar-refractivity contribution in [1.29, 1.82) is 0 Å². The molecule has 16 heteroatoms. The van der Waals surface area contributed by atoms with Crippen molar-refractivity contribution < 1.29 is 38.6 Å². The lowest BCUT2D eigenvalue weighted by Crippen LogP contribution is -2.62. The summed E-state index contributed by atoms with van der Waals surface area (Å²) in [6, 6.07) is 9.78. The lowest BCUT2D eigenvalue weighted by molar-refractivity contribution is -0.155. The van der Waals surface area contributed by atoms with Crippen LogP contribution in [0.3, 0.4) is 0 Å². The van der Waals surface area contributed by atoms with Gasteiger partial charge in [-0.3, -0.25) is 38.8 Å². The number of aromatic nitrogens is 2. The molecule has 66 heavy (non-hydrogen) atoms. The second-order valence-electron chi connectivity index (χ2n) is 19.2. The number of carbonyl (C=O) groups is 6. The average Bonchev–Trinajstić information content (AvgIpc) is 4.04. The highest BCUT2D eigenvalue weighted by Gasteiger charge is 2.45. The largest absolute Gasteiger partial charge is 0.508 e. The third kappa shape index (κ3) is 9.93. The molecule has 5 heterocycles. The van der Waals surface area contributed by atoms with Gasteiger partial charge in [-0.15, -0.1) is 0 Å². The number of rotatable bonds is 10. The van der Waals surface area contributed by atoms with E-state index in [4.69, 9.17) is 4.74 Å². The van der Waals surface area contributed by atoms with Gasteiger partial charge in [-0.2, -0.15) is 0 Å². The maximum Gasteiger partial charge on any atom is 0.324 e. The van der Waals surface area contributed by atoms with E-state index in [0.717, 1.165) is 39.7 Å². The molecular weight excluding hydrogens is 841 g/mol. The summed E-state index contributed by atoms with van der Waals surface area (Å²) in [5.74, 6) is -3.12. The predicted octanol–water partition coefficient (Wildman–Crippen LogP) is 4.48. The lowest BCUT2D eigenvalue weighted by atomic mass is 9.84. The van der Waals surface area contributed by atoms with Crippen LogP contribution in [-0.2, 0) is 59.3 Å². The number of ether oxygens (including phenoxy) is 1. The number of esters is 1. The van der Waals surface area contributed by atoms with Gasteiger partial charge in [-0.25, -0.2) is 5.43 Å². The number of aryl methyl sites for hydroxylation is 2. The molecule has 352 valence electrons. The van der Waals surface area contributed by atoms with E-state index in [0.29, 0.717) is 43.5 Å². The zero-order valence-electron chi connectivity index (χ0n) is 39.6. The van der Waals surface area contributed by atoms with Crippen LogP contribution in [0.1, 0.15) is 78.0 Å². The number of hydrogen-bond donors (Lipinski definition) is 3. The normalized spacial score (nSPS) is 20.1. The third-order valence-electron chi connectivity index (χ3n) is 13.2. The monoisotopic (exact) mass is 904 g/mol. The van der Waals surface area contributed by atoms with Crippen LogP contribution in [0.4, 0.5) is 0 Å². The fourth-order valence-electron chi connectivity index (χ4n) is 9.64. The van der Waals surface area contributed by atoms with Crippen molar-refractivity contribution in [2.75, 3.05) is 40.3 Å². The van der Waals surface area contributed by atoms with Crippen LogP contribution in [0.2, 0.25) is 0 Å². The zero-order valence-corrected chi connectivity index (χ0v) is 39.6. The Morgan fingerprint density at radius 1 is 1.05 bits per heavy atom. The first-order valence-corrected chi connectivity index (χ1v) is 23.1. The first-order chi connectivity index (χ1) is 31.3. The van der Waals surface area contributed by atoms with Crippen LogP contribution in [-0.4, -0.2) is 134 Å². The molecule has 4 aromatic rings. The topological polar surface area (TPSA) is 186 Å². The Bertz CT molecular complexity index is 2550. The Morgan fingerprint density at radius 2 is 1.80 bits per heavy atom. The van der Waals surface area contributed by atoms with Gasteiger partial charge in [0.25, 0.3) is 5.91 Å². The summed E-state index contributed by atoms with van der Waals surface area (Å²) in [5, 5.41) is 16.6. The molecule has 5 amide bonds. The fraction of sp³-hybridized carbons (Fsp3) is 0.500. The highest BCUT2D eigenvalue weighted by atomic mass is 16.5. The van der Waals surface area contributed by atoms with Gasteiger partial charge >= 0.3 is 5.97 Å². The van der Waals surface area contributed by atoms with E-state index in [-0.39, 0.29) is 43.7 Å². The number of cyclic esters (lactones) is 1. The molecule has 3 aliphatic heterocycles. The molecule has 6 bridgehead atoms. The maximum atomic E-state index is 14.7. The quantitative estimate of drug-likeness (QED) is 0.151. The first kappa shape index (κ1) is 47.7. The Balaban J connectivity index is 1.27. The van der Waals surface area contributed by atoms with Crippen LogP contribution < -0.4 is 10.7 Å². The van der Waals surface area contributed by atoms with Crippen molar-refractivity contribution in [3.63, 3.8) is 0 Å². The van der Waals surface area contributed by atoms with E-state index in [1.54, 1.807) is 26.0 Å². The van der Waals surface area contributed by atoms with Gasteiger partial charge < -0.3 is 34.4 Å². The summed E-state index contributed by atoms with van der Waals surface area (Å²) >= 11 is 0. The van der Waals surface area contributed by atoms with E-state index < -0.39 is 59.2 Å². The molecule has 4 atom stereocenters. The number of fused-ring (bicyclic) bond motifs is 6. The van der Waals surface area contributed by atoms with Crippen LogP contribution in [0.15, 0.2) is 54.9 Å². The molecule has 16 nitrogen and oxygen atoms in total. The summed E-state index contributed by atoms with van der Waals surface area (Å²) in [4.78, 5) is 89.9. The summed E-state index contributed by atoms with van der Waals surface area (Å²) in [7, 11) is 2.97. The van der Waals surface area contributed by atoms with Crippen molar-refractivity contribution in [2.24, 2.45) is 11.3 Å². The van der Waals surface area contributed by atoms with E-state index in [9.17, 15) is 33.9 Å². The average molecular weight is 905 g/mol. The minimum atomic E-state index is -1.20. The van der Waals surface area contributed by atoms with Gasteiger partial charge in [0, 0.05) is 74.8 Å². The van der Waals surface area contributed by atoms with Gasteiger partial charge in [0.1, 0.15) is 29.9 Å². The number of nitrogens with zero attached hydrogens (tertiary/aromatic N) is 6.